The molecule has 6 N–H and O–H groups in total. The van der Waals surface area contributed by atoms with Crippen molar-refractivity contribution < 1.29 is 29.0 Å². The van der Waals surface area contributed by atoms with E-state index in [2.05, 4.69) is 35.4 Å². The second-order valence-electron chi connectivity index (χ2n) is 17.6. The number of hydrogen-bond donors (Lipinski definition) is 5. The van der Waals surface area contributed by atoms with E-state index in [0.717, 1.165) is 123 Å². The predicted octanol–water partition coefficient (Wildman–Crippen LogP) is 5.56. The molecule has 1 saturated carbocycles. The molecule has 4 amide bonds. The molecule has 0 bridgehead atoms. The van der Waals surface area contributed by atoms with Crippen molar-refractivity contribution in [2.75, 3.05) is 56.9 Å². The Morgan fingerprint density at radius 2 is 1.54 bits per heavy atom. The average Bonchev–Trinajstić information content (AvgIpc) is 3.84. The van der Waals surface area contributed by atoms with Gasteiger partial charge >= 0.3 is 0 Å². The van der Waals surface area contributed by atoms with Crippen LogP contribution >= 0.6 is 0 Å². The van der Waals surface area contributed by atoms with Crippen LogP contribution in [0.4, 0.5) is 11.5 Å². The lowest BCUT2D eigenvalue weighted by atomic mass is 9.89. The van der Waals surface area contributed by atoms with Crippen LogP contribution in [0.15, 0.2) is 85.1 Å². The molecule has 16 heteroatoms. The number of hydrogen-bond acceptors (Lipinski definition) is 12. The molecule has 65 heavy (non-hydrogen) atoms. The van der Waals surface area contributed by atoms with Gasteiger partial charge in [0.15, 0.2) is 0 Å². The summed E-state index contributed by atoms with van der Waals surface area (Å²) in [5.41, 5.74) is 10.1. The Kier molecular flexibility index (Phi) is 13.4. The van der Waals surface area contributed by atoms with E-state index in [4.69, 9.17) is 15.6 Å². The third kappa shape index (κ3) is 9.70. The predicted molar refractivity (Wildman–Crippen MR) is 247 cm³/mol. The number of nitrogens with one attached hydrogen (secondary N) is 3. The summed E-state index contributed by atoms with van der Waals surface area (Å²) in [4.78, 5) is 62.3. The van der Waals surface area contributed by atoms with Gasteiger partial charge in [0.25, 0.3) is 11.8 Å². The Hall–Kier alpha value is -6.36. The number of aliphatic hydroxyl groups excluding tert-OH is 1. The summed E-state index contributed by atoms with van der Waals surface area (Å²) in [6.07, 6.45) is 9.74. The number of anilines is 2. The molecule has 1 aliphatic carbocycles. The van der Waals surface area contributed by atoms with Crippen LogP contribution in [-0.4, -0.2) is 122 Å². The number of imide groups is 1. The molecule has 3 aromatic carbocycles. The molecule has 2 aromatic heterocycles. The third-order valence-electron chi connectivity index (χ3n) is 13.4. The number of nitrogen functional groups attached to an aromatic ring is 1. The van der Waals surface area contributed by atoms with Crippen LogP contribution in [0.2, 0.25) is 0 Å². The van der Waals surface area contributed by atoms with E-state index < -0.39 is 30.0 Å². The van der Waals surface area contributed by atoms with Gasteiger partial charge < -0.3 is 36.4 Å². The van der Waals surface area contributed by atoms with E-state index in [0.29, 0.717) is 30.1 Å². The van der Waals surface area contributed by atoms with Gasteiger partial charge in [0.2, 0.25) is 11.8 Å². The summed E-state index contributed by atoms with van der Waals surface area (Å²) < 4.78 is 8.22. The molecule has 5 heterocycles. The number of piperazine rings is 1. The molecule has 2 unspecified atom stereocenters. The zero-order chi connectivity index (χ0) is 44.9. The van der Waals surface area contributed by atoms with Gasteiger partial charge in [0.1, 0.15) is 35.3 Å². The smallest absolute Gasteiger partial charge is 0.264 e. The molecule has 2 atom stereocenters. The number of rotatable bonds is 16. The number of unbranched alkanes of at least 4 members (excludes halogenated alkanes) is 3. The number of pyridine rings is 1. The van der Waals surface area contributed by atoms with Crippen LogP contribution < -0.4 is 26.4 Å². The summed E-state index contributed by atoms with van der Waals surface area (Å²) in [6, 6.07) is 24.6. The first kappa shape index (κ1) is 43.9. The number of ether oxygens (including phenoxy) is 1. The van der Waals surface area contributed by atoms with Crippen molar-refractivity contribution in [2.45, 2.75) is 88.6 Å². The number of piperidine rings is 1. The lowest BCUT2D eigenvalue weighted by Crippen LogP contribution is -2.55. The molecule has 3 aliphatic heterocycles. The maximum atomic E-state index is 13.3. The number of benzene rings is 3. The van der Waals surface area contributed by atoms with E-state index in [1.54, 1.807) is 24.4 Å². The number of nitrogens with zero attached hydrogens (tertiary/aromatic N) is 6. The highest BCUT2D eigenvalue weighted by Gasteiger charge is 2.45. The molecule has 9 rings (SSSR count). The van der Waals surface area contributed by atoms with Gasteiger partial charge in [-0.1, -0.05) is 37.1 Å². The van der Waals surface area contributed by atoms with Gasteiger partial charge in [-0.25, -0.2) is 4.98 Å². The third-order valence-corrected chi connectivity index (χ3v) is 13.4. The van der Waals surface area contributed by atoms with Crippen molar-refractivity contribution in [3.8, 4) is 22.8 Å². The Morgan fingerprint density at radius 3 is 2.31 bits per heavy atom. The number of carbonyl (C=O) groups is 4. The topological polar surface area (TPSA) is 200 Å². The largest absolute Gasteiger partial charge is 0.457 e. The zero-order valence-electron chi connectivity index (χ0n) is 36.7. The number of nitrogens with two attached hydrogens (primary N) is 1. The minimum atomic E-state index is -0.994. The van der Waals surface area contributed by atoms with Crippen LogP contribution in [-0.2, 0) is 9.59 Å². The molecular formula is C49H58N10O6. The van der Waals surface area contributed by atoms with E-state index in [9.17, 15) is 24.3 Å². The van der Waals surface area contributed by atoms with Gasteiger partial charge in [0, 0.05) is 56.2 Å². The quantitative estimate of drug-likeness (QED) is 0.0612. The first-order valence-corrected chi connectivity index (χ1v) is 23.1. The maximum absolute atomic E-state index is 13.3. The summed E-state index contributed by atoms with van der Waals surface area (Å²) in [7, 11) is 0. The Morgan fingerprint density at radius 1 is 0.800 bits per heavy atom. The number of para-hydroxylation sites is 1. The first-order valence-electron chi connectivity index (χ1n) is 23.1. The first-order chi connectivity index (χ1) is 31.7. The van der Waals surface area contributed by atoms with Gasteiger partial charge in [-0.2, -0.15) is 5.10 Å². The minimum Gasteiger partial charge on any atom is -0.457 e. The number of aliphatic hydroxyl groups is 1. The van der Waals surface area contributed by atoms with Crippen LogP contribution in [0.25, 0.3) is 22.2 Å². The van der Waals surface area contributed by atoms with Gasteiger partial charge in [-0.15, -0.1) is 0 Å². The maximum Gasteiger partial charge on any atom is 0.264 e. The molecule has 340 valence electrons. The zero-order valence-corrected chi connectivity index (χ0v) is 36.7. The summed E-state index contributed by atoms with van der Waals surface area (Å²) in [6.45, 7) is 5.94. The monoisotopic (exact) mass is 882 g/mol. The van der Waals surface area contributed by atoms with Crippen LogP contribution in [0, 0.1) is 0 Å². The van der Waals surface area contributed by atoms with Crippen molar-refractivity contribution in [1.82, 2.24) is 40.1 Å². The molecule has 5 aromatic rings. The molecule has 2 saturated heterocycles. The molecule has 3 fully saturated rings. The molecule has 0 radical (unpaired) electrons. The lowest BCUT2D eigenvalue weighted by molar-refractivity contribution is -0.131. The van der Waals surface area contributed by atoms with Gasteiger partial charge in [-0.3, -0.25) is 33.7 Å². The summed E-state index contributed by atoms with van der Waals surface area (Å²) in [5, 5.41) is 24.2. The SMILES string of the molecule is Nc1nccc2c1c(-c1ccc(Oc3ccccc3)cc1)nn2C1CCC(N2CCN(CCCCCCNC(=O)CNc3cccc4c3C(=O)N(C3CCC(O)NC3=O)C4=O)CC2)CC1. The Labute approximate surface area is 378 Å². The number of amides is 4. The number of aromatic nitrogens is 3. The van der Waals surface area contributed by atoms with E-state index >= 15 is 0 Å². The molecule has 4 aliphatic rings. The van der Waals surface area contributed by atoms with Crippen LogP contribution in [0.3, 0.4) is 0 Å². The van der Waals surface area contributed by atoms with Crippen molar-refractivity contribution in [3.63, 3.8) is 0 Å². The highest BCUT2D eigenvalue weighted by molar-refractivity contribution is 6.25. The highest BCUT2D eigenvalue weighted by Crippen LogP contribution is 2.39. The summed E-state index contributed by atoms with van der Waals surface area (Å²) >= 11 is 0. The van der Waals surface area contributed by atoms with E-state index in [1.807, 2.05) is 60.7 Å². The lowest BCUT2D eigenvalue weighted by Gasteiger charge is -2.42. The fraction of sp³-hybridized carbons (Fsp3) is 0.429. The Balaban J connectivity index is 0.665. The van der Waals surface area contributed by atoms with Gasteiger partial charge in [-0.05, 0) is 113 Å². The van der Waals surface area contributed by atoms with Crippen molar-refractivity contribution in [3.05, 3.63) is 96.2 Å². The second kappa shape index (κ2) is 19.8. The van der Waals surface area contributed by atoms with Gasteiger partial charge in [0.05, 0.1) is 34.6 Å². The van der Waals surface area contributed by atoms with Crippen molar-refractivity contribution >= 4 is 46.0 Å². The molecular weight excluding hydrogens is 825 g/mol. The second-order valence-corrected chi connectivity index (χ2v) is 17.6. The van der Waals surface area contributed by atoms with E-state index in [1.165, 1.54) is 0 Å². The van der Waals surface area contributed by atoms with Crippen LogP contribution in [0.5, 0.6) is 11.5 Å². The summed E-state index contributed by atoms with van der Waals surface area (Å²) in [5.74, 6) is 0.144. The number of fused-ring (bicyclic) bond motifs is 2. The fourth-order valence-electron chi connectivity index (χ4n) is 9.96. The normalized spacial score (nSPS) is 21.6. The highest BCUT2D eigenvalue weighted by atomic mass is 16.5. The average molecular weight is 883 g/mol. The van der Waals surface area contributed by atoms with Crippen molar-refractivity contribution in [2.24, 2.45) is 0 Å². The van der Waals surface area contributed by atoms with Crippen molar-refractivity contribution in [1.29, 1.82) is 0 Å². The van der Waals surface area contributed by atoms with Crippen LogP contribution in [0.1, 0.15) is 91.0 Å². The Bertz CT molecular complexity index is 2500. The minimum absolute atomic E-state index is 0.0557. The molecule has 16 nitrogen and oxygen atoms in total. The van der Waals surface area contributed by atoms with E-state index in [-0.39, 0.29) is 36.4 Å². The standard InChI is InChI=1S/C49H58N10O6/c50-46-44-39(23-25-52-46)59(55-45(44)32-13-19-36(20-14-32)65-35-9-4-3-5-10-35)34-17-15-33(16-18-34)57-29-27-56(28-30-57)26-7-2-1-6-24-51-42(61)31-53-38-12-8-11-37-43(38)49(64)58(48(37)63)40-21-22-41(60)54-47(40)62/h3-5,8-14,19-20,23,25,33-34,40-41,53,60H,1-2,6-7,15-18,21-22,24,26-31H2,(H2,50,52)(H,51,61)(H,54,62). The number of carbonyl (C=O) groups excluding carboxylic acids is 4. The fourth-order valence-corrected chi connectivity index (χ4v) is 9.96. The molecule has 0 spiro atoms.